The minimum absolute atomic E-state index is 1.18. The Kier molecular flexibility index (Phi) is 5.64. The Morgan fingerprint density at radius 3 is 1.74 bits per heavy atom. The molecule has 0 spiro atoms. The van der Waals surface area contributed by atoms with Gasteiger partial charge in [-0.05, 0) is 102 Å². The van der Waals surface area contributed by atoms with Crippen molar-refractivity contribution in [2.24, 2.45) is 0 Å². The van der Waals surface area contributed by atoms with Crippen LogP contribution in [0.5, 0.6) is 0 Å². The number of para-hydroxylation sites is 2. The van der Waals surface area contributed by atoms with Crippen molar-refractivity contribution in [3.05, 3.63) is 176 Å². The highest BCUT2D eigenvalue weighted by Crippen LogP contribution is 2.41. The molecule has 0 fully saturated rings. The van der Waals surface area contributed by atoms with Crippen molar-refractivity contribution in [2.75, 3.05) is 0 Å². The zero-order valence-corrected chi connectivity index (χ0v) is 25.7. The second-order valence-electron chi connectivity index (χ2n) is 12.5. The van der Waals surface area contributed by atoms with Gasteiger partial charge < -0.3 is 4.57 Å². The summed E-state index contributed by atoms with van der Waals surface area (Å²) in [4.78, 5) is 0. The number of hydrogen-bond acceptors (Lipinski definition) is 0. The van der Waals surface area contributed by atoms with Gasteiger partial charge in [0.1, 0.15) is 0 Å². The third-order valence-electron chi connectivity index (χ3n) is 9.96. The molecular formula is C46H29N. The first kappa shape index (κ1) is 26.1. The zero-order valence-electron chi connectivity index (χ0n) is 25.7. The Morgan fingerprint density at radius 2 is 0.894 bits per heavy atom. The Balaban J connectivity index is 1.11. The molecule has 0 unspecified atom stereocenters. The summed E-state index contributed by atoms with van der Waals surface area (Å²) in [6.45, 7) is 0. The van der Waals surface area contributed by atoms with Crippen LogP contribution in [0.2, 0.25) is 0 Å². The Morgan fingerprint density at radius 1 is 0.298 bits per heavy atom. The van der Waals surface area contributed by atoms with E-state index in [9.17, 15) is 0 Å². The molecular weight excluding hydrogens is 567 g/mol. The fourth-order valence-electron chi connectivity index (χ4n) is 7.78. The van der Waals surface area contributed by atoms with Crippen LogP contribution in [0.1, 0.15) is 0 Å². The highest BCUT2D eigenvalue weighted by molar-refractivity contribution is 6.26. The van der Waals surface area contributed by atoms with Crippen molar-refractivity contribution >= 4 is 64.9 Å². The van der Waals surface area contributed by atoms with E-state index in [0.29, 0.717) is 0 Å². The first-order valence-electron chi connectivity index (χ1n) is 16.3. The Labute approximate surface area is 272 Å². The molecule has 9 aromatic carbocycles. The highest BCUT2D eigenvalue weighted by atomic mass is 15.0. The van der Waals surface area contributed by atoms with Crippen LogP contribution in [-0.4, -0.2) is 4.57 Å². The van der Waals surface area contributed by atoms with Gasteiger partial charge in [-0.2, -0.15) is 0 Å². The molecule has 1 heterocycles. The van der Waals surface area contributed by atoms with Crippen LogP contribution >= 0.6 is 0 Å². The molecule has 218 valence electrons. The van der Waals surface area contributed by atoms with E-state index < -0.39 is 0 Å². The van der Waals surface area contributed by atoms with Gasteiger partial charge in [0.25, 0.3) is 0 Å². The number of hydrogen-bond donors (Lipinski definition) is 0. The van der Waals surface area contributed by atoms with Gasteiger partial charge in [0.05, 0.1) is 11.0 Å². The summed E-state index contributed by atoms with van der Waals surface area (Å²) in [7, 11) is 0. The lowest BCUT2D eigenvalue weighted by atomic mass is 9.89. The standard InChI is InChI=1S/C46H29N/c1-2-11-35(12-3-1)47-44-17-9-8-15-39(44)43-28-33(24-27-45(43)47)30-18-20-32(21-19-30)42-29-34-23-25-38-36-13-5-4-10-31(36)22-26-41(38)46(34)40-16-7-6-14-37(40)42/h1-29H. The largest absolute Gasteiger partial charge is 0.309 e. The van der Waals surface area contributed by atoms with E-state index in [4.69, 9.17) is 0 Å². The molecule has 10 aromatic rings. The summed E-state index contributed by atoms with van der Waals surface area (Å²) >= 11 is 0. The third-order valence-corrected chi connectivity index (χ3v) is 9.96. The van der Waals surface area contributed by atoms with E-state index in [1.165, 1.54) is 92.8 Å². The van der Waals surface area contributed by atoms with E-state index in [1.807, 2.05) is 0 Å². The monoisotopic (exact) mass is 595 g/mol. The lowest BCUT2D eigenvalue weighted by Crippen LogP contribution is -1.92. The lowest BCUT2D eigenvalue weighted by molar-refractivity contribution is 1.18. The zero-order chi connectivity index (χ0) is 30.9. The first-order valence-corrected chi connectivity index (χ1v) is 16.3. The van der Waals surface area contributed by atoms with Gasteiger partial charge in [-0.25, -0.2) is 0 Å². The molecule has 1 nitrogen and oxygen atoms in total. The second kappa shape index (κ2) is 10.2. The van der Waals surface area contributed by atoms with Gasteiger partial charge in [-0.15, -0.1) is 0 Å². The van der Waals surface area contributed by atoms with Crippen LogP contribution in [-0.2, 0) is 0 Å². The van der Waals surface area contributed by atoms with Gasteiger partial charge in [0.15, 0.2) is 0 Å². The summed E-state index contributed by atoms with van der Waals surface area (Å²) in [5.74, 6) is 0. The van der Waals surface area contributed by atoms with Crippen molar-refractivity contribution in [2.45, 2.75) is 0 Å². The van der Waals surface area contributed by atoms with Gasteiger partial charge in [-0.3, -0.25) is 0 Å². The van der Waals surface area contributed by atoms with Gasteiger partial charge in [0, 0.05) is 16.5 Å². The maximum absolute atomic E-state index is 2.38. The number of rotatable bonds is 3. The first-order chi connectivity index (χ1) is 23.3. The van der Waals surface area contributed by atoms with Crippen molar-refractivity contribution in [3.8, 4) is 27.9 Å². The third kappa shape index (κ3) is 3.97. The average Bonchev–Trinajstić information content (AvgIpc) is 3.48. The number of fused-ring (bicyclic) bond motifs is 10. The molecule has 0 saturated heterocycles. The minimum Gasteiger partial charge on any atom is -0.309 e. The van der Waals surface area contributed by atoms with Gasteiger partial charge in [0.2, 0.25) is 0 Å². The molecule has 47 heavy (non-hydrogen) atoms. The Bertz CT molecular complexity index is 2820. The summed E-state index contributed by atoms with van der Waals surface area (Å²) in [6.07, 6.45) is 0. The molecule has 0 aliphatic heterocycles. The highest BCUT2D eigenvalue weighted by Gasteiger charge is 2.15. The molecule has 0 radical (unpaired) electrons. The molecule has 0 atom stereocenters. The molecule has 0 saturated carbocycles. The van der Waals surface area contributed by atoms with Crippen LogP contribution in [0.25, 0.3) is 92.8 Å². The van der Waals surface area contributed by atoms with Gasteiger partial charge in [-0.1, -0.05) is 140 Å². The number of nitrogens with zero attached hydrogens (tertiary/aromatic N) is 1. The minimum atomic E-state index is 1.18. The maximum atomic E-state index is 2.38. The summed E-state index contributed by atoms with van der Waals surface area (Å²) in [5, 5.41) is 12.9. The van der Waals surface area contributed by atoms with Crippen LogP contribution < -0.4 is 0 Å². The van der Waals surface area contributed by atoms with Crippen LogP contribution in [0.4, 0.5) is 0 Å². The van der Waals surface area contributed by atoms with E-state index in [0.717, 1.165) is 0 Å². The SMILES string of the molecule is c1ccc(-n2c3ccccc3c3cc(-c4ccc(-c5cc6ccc7c8ccccc8ccc7c6c6ccccc56)cc4)ccc32)cc1. The smallest absolute Gasteiger partial charge is 0.0541 e. The molecule has 0 aliphatic carbocycles. The predicted molar refractivity (Wildman–Crippen MR) is 202 cm³/mol. The molecule has 0 aliphatic rings. The quantitative estimate of drug-likeness (QED) is 0.179. The Hall–Kier alpha value is -6.18. The fraction of sp³-hybridized carbons (Fsp3) is 0. The summed E-state index contributed by atoms with van der Waals surface area (Å²) in [6, 6.07) is 64.5. The second-order valence-corrected chi connectivity index (χ2v) is 12.5. The van der Waals surface area contributed by atoms with Crippen molar-refractivity contribution in [1.29, 1.82) is 0 Å². The van der Waals surface area contributed by atoms with Crippen molar-refractivity contribution in [1.82, 2.24) is 4.57 Å². The predicted octanol–water partition coefficient (Wildman–Crippen LogP) is 12.7. The van der Waals surface area contributed by atoms with E-state index in [2.05, 4.69) is 180 Å². The molecule has 1 heteroatoms. The van der Waals surface area contributed by atoms with Crippen molar-refractivity contribution in [3.63, 3.8) is 0 Å². The lowest BCUT2D eigenvalue weighted by Gasteiger charge is -2.14. The molecule has 0 bridgehead atoms. The fourth-order valence-corrected chi connectivity index (χ4v) is 7.78. The molecule has 10 rings (SSSR count). The normalized spacial score (nSPS) is 11.8. The van der Waals surface area contributed by atoms with Crippen molar-refractivity contribution < 1.29 is 0 Å². The van der Waals surface area contributed by atoms with E-state index >= 15 is 0 Å². The van der Waals surface area contributed by atoms with Crippen LogP contribution in [0.3, 0.4) is 0 Å². The number of benzene rings is 9. The topological polar surface area (TPSA) is 4.93 Å². The van der Waals surface area contributed by atoms with Crippen LogP contribution in [0.15, 0.2) is 176 Å². The number of aromatic nitrogens is 1. The summed E-state index contributed by atoms with van der Waals surface area (Å²) in [5.41, 5.74) is 8.57. The molecule has 0 N–H and O–H groups in total. The average molecular weight is 596 g/mol. The van der Waals surface area contributed by atoms with Gasteiger partial charge >= 0.3 is 0 Å². The molecule has 0 amide bonds. The van der Waals surface area contributed by atoms with E-state index in [1.54, 1.807) is 0 Å². The van der Waals surface area contributed by atoms with E-state index in [-0.39, 0.29) is 0 Å². The van der Waals surface area contributed by atoms with Crippen LogP contribution in [0, 0.1) is 0 Å². The maximum Gasteiger partial charge on any atom is 0.0541 e. The summed E-state index contributed by atoms with van der Waals surface area (Å²) < 4.78 is 2.37. The molecule has 1 aromatic heterocycles.